The van der Waals surface area contributed by atoms with Gasteiger partial charge in [-0.25, -0.2) is 14.5 Å². The van der Waals surface area contributed by atoms with Crippen molar-refractivity contribution in [3.63, 3.8) is 0 Å². The van der Waals surface area contributed by atoms with Gasteiger partial charge in [-0.05, 0) is 30.5 Å². The van der Waals surface area contributed by atoms with Gasteiger partial charge >= 0.3 is 6.18 Å². The Kier molecular flexibility index (Phi) is 4.06. The van der Waals surface area contributed by atoms with E-state index in [4.69, 9.17) is 4.98 Å². The largest absolute Gasteiger partial charge is 0.420 e. The van der Waals surface area contributed by atoms with E-state index in [1.54, 1.807) is 6.92 Å². The predicted octanol–water partition coefficient (Wildman–Crippen LogP) is 4.88. The number of hydrogen-bond donors (Lipinski definition) is 0. The lowest BCUT2D eigenvalue weighted by atomic mass is 10.1. The van der Waals surface area contributed by atoms with Gasteiger partial charge in [0.15, 0.2) is 11.5 Å². The van der Waals surface area contributed by atoms with Crippen LogP contribution in [-0.2, 0) is 26.1 Å². The van der Waals surface area contributed by atoms with Crippen LogP contribution in [-0.4, -0.2) is 24.1 Å². The van der Waals surface area contributed by atoms with Crippen molar-refractivity contribution in [3.05, 3.63) is 71.4 Å². The van der Waals surface area contributed by atoms with Gasteiger partial charge < -0.3 is 4.57 Å². The summed E-state index contributed by atoms with van der Waals surface area (Å²) in [6.07, 6.45) is -3.55. The number of rotatable bonds is 3. The first kappa shape index (κ1) is 18.6. The Morgan fingerprint density at radius 2 is 1.73 bits per heavy atom. The number of halogens is 3. The number of nitrogens with zero attached hydrogens (tertiary/aromatic N) is 5. The third-order valence-corrected chi connectivity index (χ3v) is 5.46. The van der Waals surface area contributed by atoms with Crippen molar-refractivity contribution in [1.29, 1.82) is 0 Å². The fourth-order valence-electron chi connectivity index (χ4n) is 3.87. The minimum atomic E-state index is -4.47. The second-order valence-corrected chi connectivity index (χ2v) is 7.39. The topological polar surface area (TPSA) is 48.0 Å². The van der Waals surface area contributed by atoms with E-state index in [0.29, 0.717) is 24.4 Å². The first-order valence-corrected chi connectivity index (χ1v) is 9.58. The monoisotopic (exact) mass is 409 g/mol. The smallest absolute Gasteiger partial charge is 0.331 e. The van der Waals surface area contributed by atoms with Crippen LogP contribution >= 0.6 is 0 Å². The zero-order chi connectivity index (χ0) is 21.0. The molecule has 0 aliphatic rings. The van der Waals surface area contributed by atoms with Crippen LogP contribution in [0, 0.1) is 6.92 Å². The number of pyridine rings is 1. The summed E-state index contributed by atoms with van der Waals surface area (Å²) in [5.41, 5.74) is 1.60. The summed E-state index contributed by atoms with van der Waals surface area (Å²) in [7, 11) is 1.95. The standard InChI is InChI=1S/C22H18F3N5/c1-13-7-9-16(22(23,24)25)21-26-18(28-30(13)21)11-12-19-27-20-15-6-4-3-5-14(15)8-10-17(20)29(19)2/h3-10H,11-12H2,1-2H3. The Morgan fingerprint density at radius 3 is 2.53 bits per heavy atom. The molecule has 0 N–H and O–H groups in total. The fraction of sp³-hybridized carbons (Fsp3) is 0.227. The molecule has 3 heterocycles. The van der Waals surface area contributed by atoms with Crippen LogP contribution in [0.3, 0.4) is 0 Å². The molecule has 0 bridgehead atoms. The molecule has 0 radical (unpaired) electrons. The molecule has 0 aliphatic heterocycles. The van der Waals surface area contributed by atoms with Crippen molar-refractivity contribution in [2.24, 2.45) is 7.05 Å². The van der Waals surface area contributed by atoms with E-state index >= 15 is 0 Å². The normalized spacial score (nSPS) is 12.4. The average molecular weight is 409 g/mol. The molecule has 0 saturated carbocycles. The van der Waals surface area contributed by atoms with E-state index in [0.717, 1.165) is 33.7 Å². The van der Waals surface area contributed by atoms with Crippen LogP contribution < -0.4 is 0 Å². The van der Waals surface area contributed by atoms with Crippen molar-refractivity contribution >= 4 is 27.5 Å². The third kappa shape index (κ3) is 2.91. The SMILES string of the molecule is Cc1ccc(C(F)(F)F)c2nc(CCc3nc4c5ccccc5ccc4n3C)nn12. The molecule has 0 atom stereocenters. The first-order valence-electron chi connectivity index (χ1n) is 9.58. The van der Waals surface area contributed by atoms with E-state index in [1.165, 1.54) is 10.6 Å². The number of aromatic nitrogens is 5. The van der Waals surface area contributed by atoms with Crippen LogP contribution in [0.4, 0.5) is 13.2 Å². The van der Waals surface area contributed by atoms with Crippen molar-refractivity contribution in [3.8, 4) is 0 Å². The lowest BCUT2D eigenvalue weighted by molar-refractivity contribution is -0.136. The minimum absolute atomic E-state index is 0.159. The maximum absolute atomic E-state index is 13.3. The molecule has 30 heavy (non-hydrogen) atoms. The Morgan fingerprint density at radius 1 is 0.933 bits per heavy atom. The summed E-state index contributed by atoms with van der Waals surface area (Å²) in [6, 6.07) is 14.6. The van der Waals surface area contributed by atoms with Gasteiger partial charge in [0.2, 0.25) is 0 Å². The van der Waals surface area contributed by atoms with E-state index < -0.39 is 11.7 Å². The maximum Gasteiger partial charge on any atom is 0.420 e. The van der Waals surface area contributed by atoms with Crippen LogP contribution in [0.15, 0.2) is 48.5 Å². The molecule has 3 aromatic heterocycles. The molecule has 2 aromatic carbocycles. The lowest BCUT2D eigenvalue weighted by Gasteiger charge is -2.08. The van der Waals surface area contributed by atoms with Gasteiger partial charge in [0, 0.05) is 31.0 Å². The van der Waals surface area contributed by atoms with Gasteiger partial charge in [-0.3, -0.25) is 0 Å². The highest BCUT2D eigenvalue weighted by Crippen LogP contribution is 2.32. The highest BCUT2D eigenvalue weighted by Gasteiger charge is 2.34. The molecular weight excluding hydrogens is 391 g/mol. The molecule has 8 heteroatoms. The summed E-state index contributed by atoms with van der Waals surface area (Å²) in [5.74, 6) is 1.21. The van der Waals surface area contributed by atoms with Gasteiger partial charge in [0.25, 0.3) is 0 Å². The molecule has 5 aromatic rings. The summed E-state index contributed by atoms with van der Waals surface area (Å²) in [6.45, 7) is 1.71. The van der Waals surface area contributed by atoms with Gasteiger partial charge in [-0.15, -0.1) is 0 Å². The highest BCUT2D eigenvalue weighted by atomic mass is 19.4. The molecule has 5 nitrogen and oxygen atoms in total. The Hall–Kier alpha value is -3.42. The van der Waals surface area contributed by atoms with Crippen LogP contribution in [0.5, 0.6) is 0 Å². The van der Waals surface area contributed by atoms with Crippen LogP contribution in [0.25, 0.3) is 27.5 Å². The van der Waals surface area contributed by atoms with E-state index in [9.17, 15) is 13.2 Å². The molecule has 0 saturated heterocycles. The van der Waals surface area contributed by atoms with Crippen LogP contribution in [0.1, 0.15) is 22.9 Å². The molecule has 0 fully saturated rings. The Labute approximate surface area is 169 Å². The Balaban J connectivity index is 1.51. The zero-order valence-corrected chi connectivity index (χ0v) is 16.4. The summed E-state index contributed by atoms with van der Waals surface area (Å²) in [5, 5.41) is 6.50. The second kappa shape index (κ2) is 6.55. The average Bonchev–Trinajstić information content (AvgIpc) is 3.28. The number of fused-ring (bicyclic) bond motifs is 4. The van der Waals surface area contributed by atoms with Gasteiger partial charge in [-0.1, -0.05) is 30.3 Å². The summed E-state index contributed by atoms with van der Waals surface area (Å²) >= 11 is 0. The maximum atomic E-state index is 13.3. The lowest BCUT2D eigenvalue weighted by Crippen LogP contribution is -2.09. The van der Waals surface area contributed by atoms with Crippen molar-refractivity contribution < 1.29 is 13.2 Å². The summed E-state index contributed by atoms with van der Waals surface area (Å²) < 4.78 is 43.2. The number of aryl methyl sites for hydroxylation is 4. The van der Waals surface area contributed by atoms with E-state index in [1.807, 2.05) is 41.9 Å². The minimum Gasteiger partial charge on any atom is -0.331 e. The van der Waals surface area contributed by atoms with E-state index in [2.05, 4.69) is 16.1 Å². The number of benzene rings is 2. The molecule has 0 spiro atoms. The van der Waals surface area contributed by atoms with Gasteiger partial charge in [0.1, 0.15) is 11.4 Å². The number of hydrogen-bond acceptors (Lipinski definition) is 3. The molecule has 5 rings (SSSR count). The van der Waals surface area contributed by atoms with E-state index in [-0.39, 0.29) is 5.65 Å². The molecule has 0 aliphatic carbocycles. The van der Waals surface area contributed by atoms with Gasteiger partial charge in [0.05, 0.1) is 11.0 Å². The van der Waals surface area contributed by atoms with Gasteiger partial charge in [-0.2, -0.15) is 18.3 Å². The van der Waals surface area contributed by atoms with Crippen molar-refractivity contribution in [2.45, 2.75) is 25.9 Å². The number of imidazole rings is 1. The molecular formula is C22H18F3N5. The predicted molar refractivity (Wildman–Crippen MR) is 108 cm³/mol. The van der Waals surface area contributed by atoms with Crippen molar-refractivity contribution in [2.75, 3.05) is 0 Å². The zero-order valence-electron chi connectivity index (χ0n) is 16.4. The Bertz CT molecular complexity index is 1410. The first-order chi connectivity index (χ1) is 14.3. The molecule has 0 unspecified atom stereocenters. The molecule has 152 valence electrons. The second-order valence-electron chi connectivity index (χ2n) is 7.39. The third-order valence-electron chi connectivity index (χ3n) is 5.46. The molecule has 0 amide bonds. The fourth-order valence-corrected chi connectivity index (χ4v) is 3.87. The quantitative estimate of drug-likeness (QED) is 0.427. The summed E-state index contributed by atoms with van der Waals surface area (Å²) in [4.78, 5) is 8.99. The van der Waals surface area contributed by atoms with Crippen LogP contribution in [0.2, 0.25) is 0 Å². The number of alkyl halides is 3. The van der Waals surface area contributed by atoms with Crippen molar-refractivity contribution in [1.82, 2.24) is 24.1 Å². The highest BCUT2D eigenvalue weighted by molar-refractivity contribution is 6.04.